The SMILES string of the molecule is [2H]C([2H])(C)c1c(C)c(-c2cccc[n+]2C)cc2c1C(C)(C)c1ccccc1-2. The fraction of sp³-hybridized carbons (Fsp3) is 0.292. The average Bonchev–Trinajstić information content (AvgIpc) is 2.82. The summed E-state index contributed by atoms with van der Waals surface area (Å²) in [6, 6.07) is 16.9. The number of rotatable bonds is 2. The number of aromatic nitrogens is 1. The van der Waals surface area contributed by atoms with Gasteiger partial charge in [0.05, 0.1) is 0 Å². The smallest absolute Gasteiger partial charge is 0.201 e. The standard InChI is InChI=1S/C24H26N/c1-6-17-16(2)19(22-13-9-10-14-25(22)5)15-20-18-11-7-8-12-21(18)24(3,4)23(17)20/h7-15H,6H2,1-5H3/q+1/i6D2. The topological polar surface area (TPSA) is 3.88 Å². The van der Waals surface area contributed by atoms with Crippen LogP contribution in [0.15, 0.2) is 54.7 Å². The van der Waals surface area contributed by atoms with E-state index in [0.29, 0.717) is 0 Å². The van der Waals surface area contributed by atoms with Gasteiger partial charge in [-0.1, -0.05) is 45.0 Å². The Kier molecular flexibility index (Phi) is 3.07. The van der Waals surface area contributed by atoms with Crippen LogP contribution < -0.4 is 4.57 Å². The second-order valence-corrected chi connectivity index (χ2v) is 7.46. The molecule has 1 aliphatic rings. The van der Waals surface area contributed by atoms with Crippen LogP contribution in [0.3, 0.4) is 0 Å². The first-order chi connectivity index (χ1) is 12.6. The van der Waals surface area contributed by atoms with Crippen molar-refractivity contribution in [2.24, 2.45) is 7.05 Å². The quantitative estimate of drug-likeness (QED) is 0.557. The lowest BCUT2D eigenvalue weighted by Gasteiger charge is -2.26. The molecule has 1 aromatic heterocycles. The van der Waals surface area contributed by atoms with Gasteiger partial charge in [-0.25, -0.2) is 4.57 Å². The zero-order valence-electron chi connectivity index (χ0n) is 17.6. The lowest BCUT2D eigenvalue weighted by Crippen LogP contribution is -2.30. The molecule has 0 saturated heterocycles. The summed E-state index contributed by atoms with van der Waals surface area (Å²) in [5.41, 5.74) is 8.66. The molecule has 1 heteroatoms. The van der Waals surface area contributed by atoms with Crippen molar-refractivity contribution in [2.45, 2.75) is 39.5 Å². The summed E-state index contributed by atoms with van der Waals surface area (Å²) in [5, 5.41) is 0. The molecular weight excluding hydrogens is 302 g/mol. The van der Waals surface area contributed by atoms with Crippen molar-refractivity contribution in [3.63, 3.8) is 0 Å². The summed E-state index contributed by atoms with van der Waals surface area (Å²) >= 11 is 0. The molecule has 0 unspecified atom stereocenters. The molecule has 0 amide bonds. The van der Waals surface area contributed by atoms with E-state index in [9.17, 15) is 0 Å². The Morgan fingerprint density at radius 2 is 1.72 bits per heavy atom. The zero-order valence-corrected chi connectivity index (χ0v) is 15.6. The van der Waals surface area contributed by atoms with E-state index in [1.807, 2.05) is 25.4 Å². The van der Waals surface area contributed by atoms with Gasteiger partial charge >= 0.3 is 0 Å². The molecule has 25 heavy (non-hydrogen) atoms. The normalized spacial score (nSPS) is 16.0. The van der Waals surface area contributed by atoms with Gasteiger partial charge in [0.1, 0.15) is 7.05 Å². The molecule has 0 fully saturated rings. The van der Waals surface area contributed by atoms with Crippen molar-refractivity contribution in [1.82, 2.24) is 0 Å². The summed E-state index contributed by atoms with van der Waals surface area (Å²) in [7, 11) is 2.04. The molecule has 0 aliphatic heterocycles. The Hall–Kier alpha value is -2.41. The largest absolute Gasteiger partial charge is 0.212 e. The maximum absolute atomic E-state index is 8.64. The van der Waals surface area contributed by atoms with E-state index in [1.54, 1.807) is 6.92 Å². The molecule has 0 N–H and O–H groups in total. The molecule has 1 nitrogen and oxygen atoms in total. The van der Waals surface area contributed by atoms with Crippen LogP contribution in [0.1, 0.15) is 45.8 Å². The summed E-state index contributed by atoms with van der Waals surface area (Å²) in [6.45, 7) is 8.19. The predicted octanol–water partition coefficient (Wildman–Crippen LogP) is 5.36. The van der Waals surface area contributed by atoms with E-state index in [-0.39, 0.29) is 5.41 Å². The molecule has 1 aliphatic carbocycles. The van der Waals surface area contributed by atoms with E-state index in [4.69, 9.17) is 2.74 Å². The van der Waals surface area contributed by atoms with Gasteiger partial charge in [-0.05, 0) is 58.8 Å². The highest BCUT2D eigenvalue weighted by Crippen LogP contribution is 2.52. The molecule has 2 aromatic carbocycles. The van der Waals surface area contributed by atoms with Crippen molar-refractivity contribution in [3.8, 4) is 22.4 Å². The van der Waals surface area contributed by atoms with Crippen LogP contribution in [-0.2, 0) is 18.8 Å². The van der Waals surface area contributed by atoms with Crippen LogP contribution in [0.2, 0.25) is 0 Å². The highest BCUT2D eigenvalue weighted by molar-refractivity contribution is 5.86. The molecule has 1 heterocycles. The highest BCUT2D eigenvalue weighted by atomic mass is 14.9. The van der Waals surface area contributed by atoms with E-state index < -0.39 is 6.37 Å². The summed E-state index contributed by atoms with van der Waals surface area (Å²) < 4.78 is 19.4. The van der Waals surface area contributed by atoms with Gasteiger partial charge in [-0.2, -0.15) is 0 Å². The fourth-order valence-electron chi connectivity index (χ4n) is 4.42. The first kappa shape index (κ1) is 13.8. The Morgan fingerprint density at radius 3 is 2.44 bits per heavy atom. The van der Waals surface area contributed by atoms with Crippen molar-refractivity contribution in [3.05, 3.63) is 77.0 Å². The van der Waals surface area contributed by atoms with Crippen LogP contribution in [0.25, 0.3) is 22.4 Å². The van der Waals surface area contributed by atoms with E-state index in [2.05, 4.69) is 61.7 Å². The van der Waals surface area contributed by atoms with Gasteiger partial charge in [0, 0.05) is 25.9 Å². The lowest BCUT2D eigenvalue weighted by molar-refractivity contribution is -0.660. The second kappa shape index (κ2) is 5.56. The molecule has 0 radical (unpaired) electrons. The number of fused-ring (bicyclic) bond motifs is 3. The van der Waals surface area contributed by atoms with Crippen LogP contribution >= 0.6 is 0 Å². The first-order valence-electron chi connectivity index (χ1n) is 9.87. The molecule has 3 aromatic rings. The van der Waals surface area contributed by atoms with Crippen molar-refractivity contribution >= 4 is 0 Å². The highest BCUT2D eigenvalue weighted by Gasteiger charge is 2.38. The first-order valence-corrected chi connectivity index (χ1v) is 8.87. The number of benzene rings is 2. The van der Waals surface area contributed by atoms with Crippen molar-refractivity contribution in [2.75, 3.05) is 0 Å². The van der Waals surface area contributed by atoms with Gasteiger partial charge in [0.15, 0.2) is 6.20 Å². The molecule has 0 spiro atoms. The average molecular weight is 330 g/mol. The number of aryl methyl sites for hydroxylation is 1. The van der Waals surface area contributed by atoms with Crippen LogP contribution in [0.4, 0.5) is 0 Å². The molecule has 126 valence electrons. The third-order valence-electron chi connectivity index (χ3n) is 5.68. The van der Waals surface area contributed by atoms with Crippen molar-refractivity contribution in [1.29, 1.82) is 0 Å². The zero-order chi connectivity index (χ0) is 19.6. The van der Waals surface area contributed by atoms with Crippen molar-refractivity contribution < 1.29 is 7.31 Å². The molecule has 0 saturated carbocycles. The van der Waals surface area contributed by atoms with E-state index in [1.165, 1.54) is 16.7 Å². The van der Waals surface area contributed by atoms with E-state index in [0.717, 1.165) is 27.9 Å². The minimum atomic E-state index is -1.42. The van der Waals surface area contributed by atoms with Crippen LogP contribution in [0, 0.1) is 6.92 Å². The summed E-state index contributed by atoms with van der Waals surface area (Å²) in [4.78, 5) is 0. The molecule has 4 rings (SSSR count). The molecule has 0 atom stereocenters. The van der Waals surface area contributed by atoms with Gasteiger partial charge < -0.3 is 0 Å². The number of hydrogen-bond acceptors (Lipinski definition) is 0. The Morgan fingerprint density at radius 1 is 1.00 bits per heavy atom. The Labute approximate surface area is 153 Å². The summed E-state index contributed by atoms with van der Waals surface area (Å²) in [5.74, 6) is 0. The third kappa shape index (κ3) is 2.18. The molecular formula is C24H26N+. The van der Waals surface area contributed by atoms with Crippen LogP contribution in [0.5, 0.6) is 0 Å². The lowest BCUT2D eigenvalue weighted by atomic mass is 9.77. The monoisotopic (exact) mass is 330 g/mol. The number of nitrogens with zero attached hydrogens (tertiary/aromatic N) is 1. The minimum absolute atomic E-state index is 0.215. The minimum Gasteiger partial charge on any atom is -0.201 e. The second-order valence-electron chi connectivity index (χ2n) is 7.46. The van der Waals surface area contributed by atoms with Crippen LogP contribution in [-0.4, -0.2) is 0 Å². The maximum Gasteiger partial charge on any atom is 0.212 e. The Balaban J connectivity index is 2.16. The van der Waals surface area contributed by atoms with Gasteiger partial charge in [0.25, 0.3) is 0 Å². The maximum atomic E-state index is 8.64. The predicted molar refractivity (Wildman–Crippen MR) is 105 cm³/mol. The van der Waals surface area contributed by atoms with E-state index >= 15 is 0 Å². The number of hydrogen-bond donors (Lipinski definition) is 0. The Bertz CT molecular complexity index is 1060. The van der Waals surface area contributed by atoms with Gasteiger partial charge in [-0.15, -0.1) is 0 Å². The van der Waals surface area contributed by atoms with Gasteiger partial charge in [-0.3, -0.25) is 0 Å². The molecule has 0 bridgehead atoms. The summed E-state index contributed by atoms with van der Waals surface area (Å²) in [6.07, 6.45) is 0.622. The fourth-order valence-corrected chi connectivity index (χ4v) is 4.42. The number of pyridine rings is 1. The van der Waals surface area contributed by atoms with Gasteiger partial charge in [0.2, 0.25) is 5.69 Å². The third-order valence-corrected chi connectivity index (χ3v) is 5.68.